The molecule has 0 saturated carbocycles. The van der Waals surface area contributed by atoms with Gasteiger partial charge in [-0.2, -0.15) is 0 Å². The van der Waals surface area contributed by atoms with Crippen molar-refractivity contribution in [2.75, 3.05) is 6.54 Å². The summed E-state index contributed by atoms with van der Waals surface area (Å²) in [6.07, 6.45) is 2.38. The molecule has 12 heavy (non-hydrogen) atoms. The van der Waals surface area contributed by atoms with Crippen molar-refractivity contribution in [2.24, 2.45) is 0 Å². The van der Waals surface area contributed by atoms with E-state index >= 15 is 0 Å². The molecule has 1 rings (SSSR count). The van der Waals surface area contributed by atoms with Crippen molar-refractivity contribution < 1.29 is 0 Å². The molecule has 0 saturated heterocycles. The number of rotatable bonds is 5. The number of aryl methyl sites for hydroxylation is 1. The SMILES string of the molecule is CCCNCc1ccc(CC)s1. The van der Waals surface area contributed by atoms with Gasteiger partial charge in [0.05, 0.1) is 0 Å². The van der Waals surface area contributed by atoms with Gasteiger partial charge in [0, 0.05) is 16.3 Å². The van der Waals surface area contributed by atoms with Crippen LogP contribution in [0.2, 0.25) is 0 Å². The van der Waals surface area contributed by atoms with Crippen LogP contribution in [0, 0.1) is 0 Å². The van der Waals surface area contributed by atoms with Crippen LogP contribution in [-0.4, -0.2) is 6.54 Å². The van der Waals surface area contributed by atoms with E-state index in [4.69, 9.17) is 0 Å². The third-order valence-electron chi connectivity index (χ3n) is 1.79. The lowest BCUT2D eigenvalue weighted by atomic mass is 10.3. The molecule has 0 atom stereocenters. The minimum Gasteiger partial charge on any atom is -0.312 e. The van der Waals surface area contributed by atoms with Crippen LogP contribution in [0.3, 0.4) is 0 Å². The normalized spacial score (nSPS) is 10.5. The zero-order valence-electron chi connectivity index (χ0n) is 7.89. The second kappa shape index (κ2) is 5.33. The van der Waals surface area contributed by atoms with Gasteiger partial charge in [-0.15, -0.1) is 11.3 Å². The summed E-state index contributed by atoms with van der Waals surface area (Å²) in [5.74, 6) is 0. The van der Waals surface area contributed by atoms with E-state index in [1.807, 2.05) is 11.3 Å². The minimum atomic E-state index is 1.04. The molecule has 0 radical (unpaired) electrons. The Hall–Kier alpha value is -0.340. The van der Waals surface area contributed by atoms with Crippen LogP contribution in [0.5, 0.6) is 0 Å². The average molecular weight is 183 g/mol. The van der Waals surface area contributed by atoms with Crippen molar-refractivity contribution in [3.05, 3.63) is 21.9 Å². The summed E-state index contributed by atoms with van der Waals surface area (Å²) >= 11 is 1.92. The molecule has 0 aliphatic carbocycles. The fourth-order valence-electron chi connectivity index (χ4n) is 1.10. The second-order valence-electron chi connectivity index (χ2n) is 2.90. The topological polar surface area (TPSA) is 12.0 Å². The summed E-state index contributed by atoms with van der Waals surface area (Å²) in [4.78, 5) is 2.95. The largest absolute Gasteiger partial charge is 0.312 e. The van der Waals surface area contributed by atoms with Gasteiger partial charge >= 0.3 is 0 Å². The van der Waals surface area contributed by atoms with Crippen molar-refractivity contribution in [1.82, 2.24) is 5.32 Å². The zero-order valence-corrected chi connectivity index (χ0v) is 8.71. The van der Waals surface area contributed by atoms with Crippen LogP contribution in [0.4, 0.5) is 0 Å². The molecule has 1 aromatic heterocycles. The Morgan fingerprint density at radius 1 is 1.25 bits per heavy atom. The lowest BCUT2D eigenvalue weighted by Gasteiger charge is -1.98. The quantitative estimate of drug-likeness (QED) is 0.692. The van der Waals surface area contributed by atoms with Gasteiger partial charge in [0.2, 0.25) is 0 Å². The van der Waals surface area contributed by atoms with Crippen LogP contribution >= 0.6 is 11.3 Å². The molecule has 1 heterocycles. The summed E-state index contributed by atoms with van der Waals surface area (Å²) < 4.78 is 0. The highest BCUT2D eigenvalue weighted by atomic mass is 32.1. The Bertz CT molecular complexity index is 217. The fourth-order valence-corrected chi connectivity index (χ4v) is 2.02. The highest BCUT2D eigenvalue weighted by Gasteiger charge is 1.96. The lowest BCUT2D eigenvalue weighted by molar-refractivity contribution is 0.681. The first kappa shape index (κ1) is 9.75. The maximum atomic E-state index is 3.40. The predicted octanol–water partition coefficient (Wildman–Crippen LogP) is 2.81. The van der Waals surface area contributed by atoms with Gasteiger partial charge in [-0.05, 0) is 31.5 Å². The summed E-state index contributed by atoms with van der Waals surface area (Å²) in [6, 6.07) is 4.46. The molecule has 0 aliphatic heterocycles. The molecule has 1 nitrogen and oxygen atoms in total. The van der Waals surface area contributed by atoms with Crippen molar-refractivity contribution in [1.29, 1.82) is 0 Å². The van der Waals surface area contributed by atoms with E-state index in [9.17, 15) is 0 Å². The summed E-state index contributed by atoms with van der Waals surface area (Å²) in [7, 11) is 0. The molecule has 0 unspecified atom stereocenters. The van der Waals surface area contributed by atoms with E-state index in [0.29, 0.717) is 0 Å². The molecular formula is C10H17NS. The summed E-state index contributed by atoms with van der Waals surface area (Å²) in [5, 5.41) is 3.40. The number of hydrogen-bond acceptors (Lipinski definition) is 2. The van der Waals surface area contributed by atoms with Crippen LogP contribution in [0.25, 0.3) is 0 Å². The van der Waals surface area contributed by atoms with E-state index < -0.39 is 0 Å². The molecule has 0 bridgehead atoms. The first-order valence-electron chi connectivity index (χ1n) is 4.65. The molecule has 1 aromatic rings. The van der Waals surface area contributed by atoms with Crippen molar-refractivity contribution in [3.63, 3.8) is 0 Å². The second-order valence-corrected chi connectivity index (χ2v) is 4.15. The van der Waals surface area contributed by atoms with Crippen molar-refractivity contribution in [3.8, 4) is 0 Å². The lowest BCUT2D eigenvalue weighted by Crippen LogP contribution is -2.12. The smallest absolute Gasteiger partial charge is 0.0299 e. The van der Waals surface area contributed by atoms with Crippen LogP contribution in [0.1, 0.15) is 30.0 Å². The average Bonchev–Trinajstić information content (AvgIpc) is 2.53. The van der Waals surface area contributed by atoms with E-state index in [1.54, 1.807) is 0 Å². The Kier molecular flexibility index (Phi) is 4.33. The maximum absolute atomic E-state index is 3.40. The molecule has 0 aliphatic rings. The Morgan fingerprint density at radius 2 is 2.00 bits per heavy atom. The molecule has 68 valence electrons. The van der Waals surface area contributed by atoms with Gasteiger partial charge in [-0.1, -0.05) is 13.8 Å². The van der Waals surface area contributed by atoms with Gasteiger partial charge in [-0.25, -0.2) is 0 Å². The Morgan fingerprint density at radius 3 is 2.58 bits per heavy atom. The molecule has 0 amide bonds. The predicted molar refractivity (Wildman–Crippen MR) is 55.7 cm³/mol. The van der Waals surface area contributed by atoms with Gasteiger partial charge in [0.25, 0.3) is 0 Å². The monoisotopic (exact) mass is 183 g/mol. The van der Waals surface area contributed by atoms with Gasteiger partial charge in [0.15, 0.2) is 0 Å². The van der Waals surface area contributed by atoms with Crippen LogP contribution in [-0.2, 0) is 13.0 Å². The molecule has 0 fully saturated rings. The fraction of sp³-hybridized carbons (Fsp3) is 0.600. The molecule has 2 heteroatoms. The van der Waals surface area contributed by atoms with Crippen LogP contribution in [0.15, 0.2) is 12.1 Å². The number of hydrogen-bond donors (Lipinski definition) is 1. The third-order valence-corrected chi connectivity index (χ3v) is 3.02. The minimum absolute atomic E-state index is 1.04. The van der Waals surface area contributed by atoms with Gasteiger partial charge in [0.1, 0.15) is 0 Å². The number of nitrogens with one attached hydrogen (secondary N) is 1. The first-order chi connectivity index (χ1) is 5.86. The van der Waals surface area contributed by atoms with Gasteiger partial charge < -0.3 is 5.32 Å². The van der Waals surface area contributed by atoms with E-state index in [-0.39, 0.29) is 0 Å². The van der Waals surface area contributed by atoms with Crippen molar-refractivity contribution in [2.45, 2.75) is 33.2 Å². The molecule has 1 N–H and O–H groups in total. The first-order valence-corrected chi connectivity index (χ1v) is 5.46. The van der Waals surface area contributed by atoms with Gasteiger partial charge in [-0.3, -0.25) is 0 Å². The summed E-state index contributed by atoms with van der Waals surface area (Å²) in [6.45, 7) is 6.56. The number of thiophene rings is 1. The van der Waals surface area contributed by atoms with E-state index in [1.165, 1.54) is 22.6 Å². The molecular weight excluding hydrogens is 166 g/mol. The summed E-state index contributed by atoms with van der Waals surface area (Å²) in [5.41, 5.74) is 0. The van der Waals surface area contributed by atoms with Crippen molar-refractivity contribution >= 4 is 11.3 Å². The Labute approximate surface area is 78.8 Å². The van der Waals surface area contributed by atoms with Crippen LogP contribution < -0.4 is 5.32 Å². The Balaban J connectivity index is 2.31. The highest BCUT2D eigenvalue weighted by Crippen LogP contribution is 2.16. The van der Waals surface area contributed by atoms with E-state index in [0.717, 1.165) is 13.1 Å². The highest BCUT2D eigenvalue weighted by molar-refractivity contribution is 7.11. The van der Waals surface area contributed by atoms with E-state index in [2.05, 4.69) is 31.3 Å². The molecule has 0 spiro atoms. The maximum Gasteiger partial charge on any atom is 0.0299 e. The zero-order chi connectivity index (χ0) is 8.81. The molecule has 0 aromatic carbocycles. The third kappa shape index (κ3) is 2.95. The standard InChI is InChI=1S/C10H17NS/c1-3-7-11-8-10-6-5-9(4-2)12-10/h5-6,11H,3-4,7-8H2,1-2H3.